The average molecular weight is 231 g/mol. The lowest BCUT2D eigenvalue weighted by molar-refractivity contribution is 0.200. The Labute approximate surface area is 105 Å². The van der Waals surface area contributed by atoms with Gasteiger partial charge in [-0.15, -0.1) is 0 Å². The van der Waals surface area contributed by atoms with E-state index in [1.807, 2.05) is 0 Å². The van der Waals surface area contributed by atoms with Gasteiger partial charge in [-0.05, 0) is 30.7 Å². The van der Waals surface area contributed by atoms with E-state index in [2.05, 4.69) is 37.3 Å². The van der Waals surface area contributed by atoms with Gasteiger partial charge in [0.25, 0.3) is 0 Å². The molecular weight excluding hydrogens is 206 g/mol. The van der Waals surface area contributed by atoms with E-state index in [1.54, 1.807) is 0 Å². The lowest BCUT2D eigenvalue weighted by Gasteiger charge is -2.42. The Morgan fingerprint density at radius 3 is 2.29 bits per heavy atom. The van der Waals surface area contributed by atoms with Crippen molar-refractivity contribution in [3.63, 3.8) is 0 Å². The number of nitrogens with two attached hydrogens (primary N) is 1. The summed E-state index contributed by atoms with van der Waals surface area (Å²) in [5, 5.41) is 0. The van der Waals surface area contributed by atoms with Gasteiger partial charge in [-0.3, -0.25) is 0 Å². The highest BCUT2D eigenvalue weighted by Gasteiger charge is 2.37. The highest BCUT2D eigenvalue weighted by molar-refractivity contribution is 5.27. The standard InChI is InChI=1S/C16H25N/c1-2-16(13-17,14-9-5-3-6-10-14)15-11-7-4-8-12-15/h3,5-6,9-10,15H,2,4,7-8,11-13,17H2,1H3. The van der Waals surface area contributed by atoms with Gasteiger partial charge in [0.1, 0.15) is 0 Å². The molecule has 1 aromatic carbocycles. The Morgan fingerprint density at radius 2 is 1.76 bits per heavy atom. The molecule has 1 atom stereocenters. The molecule has 94 valence electrons. The Kier molecular flexibility index (Phi) is 4.22. The molecule has 1 aliphatic carbocycles. The smallest absolute Gasteiger partial charge is 0.0101 e. The first-order valence-electron chi connectivity index (χ1n) is 7.09. The van der Waals surface area contributed by atoms with Gasteiger partial charge in [-0.2, -0.15) is 0 Å². The van der Waals surface area contributed by atoms with Crippen molar-refractivity contribution in [2.45, 2.75) is 50.9 Å². The highest BCUT2D eigenvalue weighted by atomic mass is 14.6. The predicted molar refractivity (Wildman–Crippen MR) is 74.0 cm³/mol. The van der Waals surface area contributed by atoms with Gasteiger partial charge < -0.3 is 5.73 Å². The first-order chi connectivity index (χ1) is 8.33. The van der Waals surface area contributed by atoms with Crippen molar-refractivity contribution < 1.29 is 0 Å². The zero-order valence-electron chi connectivity index (χ0n) is 11.0. The molecule has 1 unspecified atom stereocenters. The second kappa shape index (κ2) is 5.68. The first-order valence-corrected chi connectivity index (χ1v) is 7.09. The Hall–Kier alpha value is -0.820. The van der Waals surface area contributed by atoms with E-state index >= 15 is 0 Å². The summed E-state index contributed by atoms with van der Waals surface area (Å²) in [5.74, 6) is 0.786. The maximum atomic E-state index is 6.18. The fourth-order valence-electron chi connectivity index (χ4n) is 3.58. The Balaban J connectivity index is 2.30. The fourth-order valence-corrected chi connectivity index (χ4v) is 3.58. The number of hydrogen-bond donors (Lipinski definition) is 1. The molecule has 1 aromatic rings. The third kappa shape index (κ3) is 2.40. The monoisotopic (exact) mass is 231 g/mol. The lowest BCUT2D eigenvalue weighted by Crippen LogP contribution is -2.42. The number of rotatable bonds is 4. The van der Waals surface area contributed by atoms with E-state index in [1.165, 1.54) is 37.7 Å². The van der Waals surface area contributed by atoms with Crippen molar-refractivity contribution in [3.8, 4) is 0 Å². The van der Waals surface area contributed by atoms with E-state index in [0.29, 0.717) is 0 Å². The fraction of sp³-hybridized carbons (Fsp3) is 0.625. The normalized spacial score (nSPS) is 21.1. The molecule has 0 aromatic heterocycles. The van der Waals surface area contributed by atoms with E-state index < -0.39 is 0 Å². The quantitative estimate of drug-likeness (QED) is 0.836. The highest BCUT2D eigenvalue weighted by Crippen LogP contribution is 2.42. The van der Waals surface area contributed by atoms with Crippen LogP contribution < -0.4 is 5.73 Å². The second-order valence-electron chi connectivity index (χ2n) is 5.41. The Morgan fingerprint density at radius 1 is 1.12 bits per heavy atom. The van der Waals surface area contributed by atoms with E-state index in [0.717, 1.165) is 18.9 Å². The average Bonchev–Trinajstić information content (AvgIpc) is 2.43. The molecule has 0 spiro atoms. The van der Waals surface area contributed by atoms with Crippen molar-refractivity contribution in [3.05, 3.63) is 35.9 Å². The largest absolute Gasteiger partial charge is 0.330 e. The van der Waals surface area contributed by atoms with Crippen molar-refractivity contribution in [2.75, 3.05) is 6.54 Å². The van der Waals surface area contributed by atoms with Crippen LogP contribution in [0.1, 0.15) is 51.0 Å². The molecule has 0 saturated heterocycles. The molecule has 0 aliphatic heterocycles. The van der Waals surface area contributed by atoms with Crippen LogP contribution in [0.2, 0.25) is 0 Å². The van der Waals surface area contributed by atoms with E-state index in [4.69, 9.17) is 5.73 Å². The molecule has 1 aliphatic rings. The zero-order chi connectivity index (χ0) is 12.1. The van der Waals surface area contributed by atoms with Gasteiger partial charge in [0.15, 0.2) is 0 Å². The van der Waals surface area contributed by atoms with Crippen LogP contribution >= 0.6 is 0 Å². The maximum Gasteiger partial charge on any atom is 0.0101 e. The number of benzene rings is 1. The van der Waals surface area contributed by atoms with Crippen LogP contribution in [0.4, 0.5) is 0 Å². The molecule has 0 heterocycles. The molecule has 1 heteroatoms. The molecule has 0 amide bonds. The van der Waals surface area contributed by atoms with Crippen LogP contribution in [-0.4, -0.2) is 6.54 Å². The van der Waals surface area contributed by atoms with Gasteiger partial charge >= 0.3 is 0 Å². The van der Waals surface area contributed by atoms with Gasteiger partial charge in [-0.25, -0.2) is 0 Å². The first kappa shape index (κ1) is 12.6. The van der Waals surface area contributed by atoms with Crippen LogP contribution in [0.5, 0.6) is 0 Å². The molecule has 0 radical (unpaired) electrons. The lowest BCUT2D eigenvalue weighted by atomic mass is 9.63. The van der Waals surface area contributed by atoms with Crippen LogP contribution in [0.25, 0.3) is 0 Å². The minimum atomic E-state index is 0.224. The van der Waals surface area contributed by atoms with Crippen LogP contribution in [0.3, 0.4) is 0 Å². The van der Waals surface area contributed by atoms with Crippen molar-refractivity contribution in [1.82, 2.24) is 0 Å². The van der Waals surface area contributed by atoms with E-state index in [-0.39, 0.29) is 5.41 Å². The molecule has 1 nitrogen and oxygen atoms in total. The molecular formula is C16H25N. The summed E-state index contributed by atoms with van der Waals surface area (Å²) >= 11 is 0. The summed E-state index contributed by atoms with van der Waals surface area (Å²) in [4.78, 5) is 0. The van der Waals surface area contributed by atoms with Crippen LogP contribution in [0, 0.1) is 5.92 Å². The van der Waals surface area contributed by atoms with Crippen LogP contribution in [0.15, 0.2) is 30.3 Å². The summed E-state index contributed by atoms with van der Waals surface area (Å²) < 4.78 is 0. The summed E-state index contributed by atoms with van der Waals surface area (Å²) in [6.07, 6.45) is 8.08. The molecule has 2 N–H and O–H groups in total. The number of hydrogen-bond acceptors (Lipinski definition) is 1. The van der Waals surface area contributed by atoms with Gasteiger partial charge in [-0.1, -0.05) is 56.5 Å². The predicted octanol–water partition coefficient (Wildman–Crippen LogP) is 3.87. The van der Waals surface area contributed by atoms with Crippen LogP contribution in [-0.2, 0) is 5.41 Å². The van der Waals surface area contributed by atoms with Crippen molar-refractivity contribution >= 4 is 0 Å². The topological polar surface area (TPSA) is 26.0 Å². The SMILES string of the molecule is CCC(CN)(c1ccccc1)C1CCCCC1. The van der Waals surface area contributed by atoms with Gasteiger partial charge in [0.2, 0.25) is 0 Å². The summed E-state index contributed by atoms with van der Waals surface area (Å²) in [6.45, 7) is 3.09. The molecule has 2 rings (SSSR count). The molecule has 0 bridgehead atoms. The Bertz CT molecular complexity index is 321. The third-order valence-corrected chi connectivity index (χ3v) is 4.73. The minimum Gasteiger partial charge on any atom is -0.330 e. The summed E-state index contributed by atoms with van der Waals surface area (Å²) in [7, 11) is 0. The molecule has 1 fully saturated rings. The minimum absolute atomic E-state index is 0.224. The van der Waals surface area contributed by atoms with E-state index in [9.17, 15) is 0 Å². The second-order valence-corrected chi connectivity index (χ2v) is 5.41. The van der Waals surface area contributed by atoms with Crippen molar-refractivity contribution in [1.29, 1.82) is 0 Å². The van der Waals surface area contributed by atoms with Gasteiger partial charge in [0.05, 0.1) is 0 Å². The molecule has 17 heavy (non-hydrogen) atoms. The van der Waals surface area contributed by atoms with Gasteiger partial charge in [0, 0.05) is 12.0 Å². The van der Waals surface area contributed by atoms with Crippen molar-refractivity contribution in [2.24, 2.45) is 11.7 Å². The summed E-state index contributed by atoms with van der Waals surface area (Å²) in [6, 6.07) is 10.9. The summed E-state index contributed by atoms with van der Waals surface area (Å²) in [5.41, 5.74) is 7.86. The maximum absolute atomic E-state index is 6.18. The zero-order valence-corrected chi connectivity index (χ0v) is 11.0. The third-order valence-electron chi connectivity index (χ3n) is 4.73. The molecule has 1 saturated carbocycles.